The number of phenols is 3. The lowest BCUT2D eigenvalue weighted by atomic mass is 10.2. The van der Waals surface area contributed by atoms with E-state index in [-0.39, 0.29) is 17.2 Å². The first-order chi connectivity index (χ1) is 11.8. The fourth-order valence-corrected chi connectivity index (χ4v) is 3.30. The van der Waals surface area contributed by atoms with Crippen molar-refractivity contribution in [3.8, 4) is 17.2 Å². The zero-order valence-electron chi connectivity index (χ0n) is 13.6. The molecule has 0 saturated carbocycles. The number of amides is 1. The number of hydrogen-bond donors (Lipinski definition) is 4. The van der Waals surface area contributed by atoms with Gasteiger partial charge in [0.2, 0.25) is 11.7 Å². The van der Waals surface area contributed by atoms with E-state index in [0.29, 0.717) is 0 Å². The molecule has 0 aliphatic carbocycles. The molecule has 4 N–H and O–H groups in total. The van der Waals surface area contributed by atoms with Gasteiger partial charge >= 0.3 is 0 Å². The summed E-state index contributed by atoms with van der Waals surface area (Å²) >= 11 is 4.87. The summed E-state index contributed by atoms with van der Waals surface area (Å²) < 4.78 is 1.03. The third-order valence-electron chi connectivity index (χ3n) is 3.37. The van der Waals surface area contributed by atoms with Gasteiger partial charge in [0, 0.05) is 14.9 Å². The number of hydrazone groups is 1. The Morgan fingerprint density at radius 2 is 1.92 bits per heavy atom. The molecule has 25 heavy (non-hydrogen) atoms. The molecule has 132 valence electrons. The number of halogens is 1. The van der Waals surface area contributed by atoms with Gasteiger partial charge in [-0.3, -0.25) is 4.79 Å². The van der Waals surface area contributed by atoms with E-state index in [1.54, 1.807) is 0 Å². The van der Waals surface area contributed by atoms with Crippen LogP contribution in [-0.4, -0.2) is 33.2 Å². The average Bonchev–Trinajstić information content (AvgIpc) is 2.57. The highest BCUT2D eigenvalue weighted by Gasteiger charge is 2.10. The van der Waals surface area contributed by atoms with Gasteiger partial charge in [0.05, 0.1) is 12.0 Å². The second-order valence-corrected chi connectivity index (χ2v) is 7.19. The van der Waals surface area contributed by atoms with Gasteiger partial charge in [-0.05, 0) is 49.2 Å². The van der Waals surface area contributed by atoms with Crippen LogP contribution < -0.4 is 5.43 Å². The van der Waals surface area contributed by atoms with Crippen molar-refractivity contribution in [3.63, 3.8) is 0 Å². The fourth-order valence-electron chi connectivity index (χ4n) is 1.95. The molecular formula is C17H17BrN2O4S. The Labute approximate surface area is 157 Å². The largest absolute Gasteiger partial charge is 0.504 e. The van der Waals surface area contributed by atoms with Crippen LogP contribution in [0.3, 0.4) is 0 Å². The molecule has 0 aliphatic heterocycles. The highest BCUT2D eigenvalue weighted by Crippen LogP contribution is 2.36. The molecule has 2 aromatic rings. The number of aryl methyl sites for hydroxylation is 2. The van der Waals surface area contributed by atoms with E-state index < -0.39 is 17.2 Å². The van der Waals surface area contributed by atoms with Crippen LogP contribution >= 0.6 is 27.7 Å². The zero-order valence-corrected chi connectivity index (χ0v) is 16.0. The molecule has 0 spiro atoms. The summed E-state index contributed by atoms with van der Waals surface area (Å²) in [4.78, 5) is 12.9. The van der Waals surface area contributed by atoms with E-state index in [1.807, 2.05) is 26.0 Å². The third-order valence-corrected chi connectivity index (χ3v) is 5.38. The second-order valence-electron chi connectivity index (χ2n) is 5.32. The molecule has 0 fully saturated rings. The first kappa shape index (κ1) is 19.1. The molecule has 0 aliphatic rings. The number of carbonyl (C=O) groups is 1. The molecule has 0 atom stereocenters. The third kappa shape index (κ3) is 4.90. The van der Waals surface area contributed by atoms with Crippen molar-refractivity contribution in [2.24, 2.45) is 5.10 Å². The van der Waals surface area contributed by atoms with Crippen molar-refractivity contribution in [2.45, 2.75) is 18.7 Å². The number of phenolic OH excluding ortho intramolecular Hbond substituents is 3. The zero-order chi connectivity index (χ0) is 18.6. The maximum absolute atomic E-state index is 11.9. The van der Waals surface area contributed by atoms with Crippen LogP contribution in [0.5, 0.6) is 17.2 Å². The van der Waals surface area contributed by atoms with Gasteiger partial charge < -0.3 is 15.3 Å². The van der Waals surface area contributed by atoms with Crippen molar-refractivity contribution in [3.05, 3.63) is 45.4 Å². The molecule has 0 aromatic heterocycles. The van der Waals surface area contributed by atoms with Crippen LogP contribution in [0, 0.1) is 13.8 Å². The van der Waals surface area contributed by atoms with Gasteiger partial charge in [-0.25, -0.2) is 5.43 Å². The molecule has 0 radical (unpaired) electrons. The van der Waals surface area contributed by atoms with E-state index in [2.05, 4.69) is 26.5 Å². The lowest BCUT2D eigenvalue weighted by Gasteiger charge is -2.08. The Morgan fingerprint density at radius 1 is 1.20 bits per heavy atom. The van der Waals surface area contributed by atoms with Gasteiger partial charge in [0.1, 0.15) is 0 Å². The number of aromatic hydroxyl groups is 3. The number of benzene rings is 2. The van der Waals surface area contributed by atoms with Crippen LogP contribution in [0.25, 0.3) is 0 Å². The van der Waals surface area contributed by atoms with Crippen LogP contribution in [0.2, 0.25) is 0 Å². The number of nitrogens with one attached hydrogen (secondary N) is 1. The molecule has 1 amide bonds. The highest BCUT2D eigenvalue weighted by molar-refractivity contribution is 9.10. The van der Waals surface area contributed by atoms with E-state index in [1.165, 1.54) is 30.1 Å². The summed E-state index contributed by atoms with van der Waals surface area (Å²) in [5.41, 5.74) is 4.69. The lowest BCUT2D eigenvalue weighted by Crippen LogP contribution is -2.19. The number of thioether (sulfide) groups is 1. The highest BCUT2D eigenvalue weighted by atomic mass is 79.9. The minimum Gasteiger partial charge on any atom is -0.504 e. The van der Waals surface area contributed by atoms with E-state index in [4.69, 9.17) is 0 Å². The Kier molecular flexibility index (Phi) is 6.33. The van der Waals surface area contributed by atoms with Crippen LogP contribution in [-0.2, 0) is 4.79 Å². The molecule has 0 saturated heterocycles. The van der Waals surface area contributed by atoms with Crippen LogP contribution in [0.4, 0.5) is 0 Å². The van der Waals surface area contributed by atoms with Crippen molar-refractivity contribution < 1.29 is 20.1 Å². The molecule has 2 rings (SSSR count). The van der Waals surface area contributed by atoms with Gasteiger partial charge in [-0.1, -0.05) is 15.9 Å². The molecule has 8 heteroatoms. The minimum atomic E-state index is -0.632. The normalized spacial score (nSPS) is 11.0. The number of carbonyl (C=O) groups excluding carboxylic acids is 1. The van der Waals surface area contributed by atoms with Gasteiger partial charge in [0.15, 0.2) is 11.5 Å². The fraction of sp³-hybridized carbons (Fsp3) is 0.176. The minimum absolute atomic E-state index is 0.169. The molecule has 0 unspecified atom stereocenters. The second kappa shape index (κ2) is 8.26. The summed E-state index contributed by atoms with van der Waals surface area (Å²) in [6.07, 6.45) is 1.19. The monoisotopic (exact) mass is 424 g/mol. The number of nitrogens with zero attached hydrogens (tertiary/aromatic N) is 1. The maximum atomic E-state index is 11.9. The first-order valence-corrected chi connectivity index (χ1v) is 9.02. The van der Waals surface area contributed by atoms with Crippen molar-refractivity contribution in [1.82, 2.24) is 5.43 Å². The summed E-state index contributed by atoms with van der Waals surface area (Å²) in [6, 6.07) is 6.60. The molecule has 0 bridgehead atoms. The number of hydrogen-bond acceptors (Lipinski definition) is 6. The molecule has 2 aromatic carbocycles. The molecule has 0 heterocycles. The number of rotatable bonds is 5. The van der Waals surface area contributed by atoms with Gasteiger partial charge in [-0.2, -0.15) is 5.10 Å². The Morgan fingerprint density at radius 3 is 2.64 bits per heavy atom. The summed E-state index contributed by atoms with van der Waals surface area (Å²) in [5, 5.41) is 32.1. The summed E-state index contributed by atoms with van der Waals surface area (Å²) in [5.74, 6) is -1.69. The SMILES string of the molecule is Cc1cc(SCC(=O)N/N=C/c2ccc(O)c(O)c2O)c(C)cc1Br. The van der Waals surface area contributed by atoms with E-state index >= 15 is 0 Å². The van der Waals surface area contributed by atoms with Gasteiger partial charge in [0.25, 0.3) is 0 Å². The van der Waals surface area contributed by atoms with Crippen molar-refractivity contribution in [2.75, 3.05) is 5.75 Å². The van der Waals surface area contributed by atoms with E-state index in [0.717, 1.165) is 20.5 Å². The van der Waals surface area contributed by atoms with E-state index in [9.17, 15) is 20.1 Å². The molecular weight excluding hydrogens is 408 g/mol. The lowest BCUT2D eigenvalue weighted by molar-refractivity contribution is -0.118. The molecule has 6 nitrogen and oxygen atoms in total. The predicted molar refractivity (Wildman–Crippen MR) is 102 cm³/mol. The Balaban J connectivity index is 1.93. The van der Waals surface area contributed by atoms with Crippen LogP contribution in [0.15, 0.2) is 38.7 Å². The smallest absolute Gasteiger partial charge is 0.250 e. The Hall–Kier alpha value is -2.19. The predicted octanol–water partition coefficient (Wildman–Crippen LogP) is 3.43. The summed E-state index contributed by atoms with van der Waals surface area (Å²) in [6.45, 7) is 3.96. The quantitative estimate of drug-likeness (QED) is 0.255. The van der Waals surface area contributed by atoms with Crippen molar-refractivity contribution in [1.29, 1.82) is 0 Å². The average molecular weight is 425 g/mol. The van der Waals surface area contributed by atoms with Crippen LogP contribution in [0.1, 0.15) is 16.7 Å². The van der Waals surface area contributed by atoms with Crippen molar-refractivity contribution >= 4 is 39.8 Å². The first-order valence-electron chi connectivity index (χ1n) is 7.25. The Bertz CT molecular complexity index is 840. The topological polar surface area (TPSA) is 102 Å². The standard InChI is InChI=1S/C17H17BrN2O4S/c1-9-6-14(10(2)5-12(9)18)25-8-15(22)20-19-7-11-3-4-13(21)17(24)16(11)23/h3-7,21,23-24H,8H2,1-2H3,(H,20,22)/b19-7+. The van der Waals surface area contributed by atoms with Gasteiger partial charge in [-0.15, -0.1) is 11.8 Å². The maximum Gasteiger partial charge on any atom is 0.250 e. The summed E-state index contributed by atoms with van der Waals surface area (Å²) in [7, 11) is 0.